The van der Waals surface area contributed by atoms with Crippen molar-refractivity contribution in [2.45, 2.75) is 32.2 Å². The van der Waals surface area contributed by atoms with Crippen molar-refractivity contribution in [1.29, 1.82) is 0 Å². The number of carbonyl (C=O) groups excluding carboxylic acids is 1. The molecule has 0 aliphatic rings. The number of aromatic amines is 1. The number of pyridine rings is 1. The molecule has 1 heterocycles. The Morgan fingerprint density at radius 3 is 2.58 bits per heavy atom. The molecule has 3 N–H and O–H groups in total. The van der Waals surface area contributed by atoms with Crippen LogP contribution in [0.25, 0.3) is 0 Å². The summed E-state index contributed by atoms with van der Waals surface area (Å²) in [5, 5.41) is 11.7. The lowest BCUT2D eigenvalue weighted by Gasteiger charge is -2.18. The largest absolute Gasteiger partial charge is 0.481 e. The minimum Gasteiger partial charge on any atom is -0.481 e. The van der Waals surface area contributed by atoms with Crippen molar-refractivity contribution >= 4 is 11.9 Å². The van der Waals surface area contributed by atoms with Gasteiger partial charge in [-0.1, -0.05) is 30.3 Å². The molecule has 0 aliphatic carbocycles. The van der Waals surface area contributed by atoms with Crippen LogP contribution < -0.4 is 10.7 Å². The number of carboxylic acids is 1. The monoisotopic (exact) mass is 328 g/mol. The highest BCUT2D eigenvalue weighted by atomic mass is 16.4. The Hall–Kier alpha value is -2.89. The van der Waals surface area contributed by atoms with Crippen LogP contribution in [0.3, 0.4) is 0 Å². The molecule has 0 saturated carbocycles. The van der Waals surface area contributed by atoms with Gasteiger partial charge in [0.1, 0.15) is 5.56 Å². The summed E-state index contributed by atoms with van der Waals surface area (Å²) in [5.74, 6) is -1.42. The average molecular weight is 328 g/mol. The van der Waals surface area contributed by atoms with Crippen LogP contribution in [0, 0.1) is 6.92 Å². The second-order valence-electron chi connectivity index (χ2n) is 5.69. The van der Waals surface area contributed by atoms with E-state index in [0.717, 1.165) is 5.56 Å². The first-order valence-electron chi connectivity index (χ1n) is 7.71. The average Bonchev–Trinajstić information content (AvgIpc) is 2.53. The summed E-state index contributed by atoms with van der Waals surface area (Å²) in [7, 11) is 0. The fourth-order valence-corrected chi connectivity index (χ4v) is 2.44. The third-order valence-corrected chi connectivity index (χ3v) is 3.67. The molecular weight excluding hydrogens is 308 g/mol. The number of aromatic nitrogens is 1. The molecule has 0 radical (unpaired) electrons. The van der Waals surface area contributed by atoms with Crippen LogP contribution in [0.4, 0.5) is 0 Å². The zero-order chi connectivity index (χ0) is 17.5. The van der Waals surface area contributed by atoms with Gasteiger partial charge in [0.2, 0.25) is 0 Å². The van der Waals surface area contributed by atoms with Gasteiger partial charge < -0.3 is 15.4 Å². The molecule has 0 fully saturated rings. The number of aliphatic carboxylic acids is 1. The van der Waals surface area contributed by atoms with Crippen molar-refractivity contribution < 1.29 is 14.7 Å². The minimum absolute atomic E-state index is 0.0222. The van der Waals surface area contributed by atoms with E-state index in [1.807, 2.05) is 30.3 Å². The molecule has 0 bridgehead atoms. The summed E-state index contributed by atoms with van der Waals surface area (Å²) in [6.45, 7) is 1.73. The quantitative estimate of drug-likeness (QED) is 0.722. The maximum Gasteiger partial charge on any atom is 0.303 e. The number of nitrogens with one attached hydrogen (secondary N) is 2. The highest BCUT2D eigenvalue weighted by Crippen LogP contribution is 2.09. The normalized spacial score (nSPS) is 11.7. The Kier molecular flexibility index (Phi) is 5.89. The summed E-state index contributed by atoms with van der Waals surface area (Å²) in [6, 6.07) is 10.5. The van der Waals surface area contributed by atoms with Gasteiger partial charge in [0.25, 0.3) is 5.91 Å². The molecule has 0 saturated heterocycles. The Labute approximate surface area is 139 Å². The summed E-state index contributed by atoms with van der Waals surface area (Å²) < 4.78 is 0. The van der Waals surface area contributed by atoms with Crippen LogP contribution in [0.5, 0.6) is 0 Å². The fraction of sp³-hybridized carbons (Fsp3) is 0.278. The second kappa shape index (κ2) is 8.10. The Morgan fingerprint density at radius 2 is 1.96 bits per heavy atom. The van der Waals surface area contributed by atoms with Gasteiger partial charge in [-0.25, -0.2) is 0 Å². The topological polar surface area (TPSA) is 99.3 Å². The van der Waals surface area contributed by atoms with Crippen LogP contribution in [-0.4, -0.2) is 28.0 Å². The van der Waals surface area contributed by atoms with Gasteiger partial charge in [0.15, 0.2) is 5.43 Å². The SMILES string of the molecule is Cc1cc(=O)c(C(=O)NC(CCC(=O)O)Cc2ccccc2)c[nH]1. The van der Waals surface area contributed by atoms with Gasteiger partial charge in [0.05, 0.1) is 0 Å². The predicted molar refractivity (Wildman–Crippen MR) is 90.1 cm³/mol. The van der Waals surface area contributed by atoms with Gasteiger partial charge in [-0.2, -0.15) is 0 Å². The van der Waals surface area contributed by atoms with E-state index in [4.69, 9.17) is 5.11 Å². The van der Waals surface area contributed by atoms with Gasteiger partial charge in [0, 0.05) is 30.4 Å². The van der Waals surface area contributed by atoms with Gasteiger partial charge in [-0.05, 0) is 25.3 Å². The molecule has 126 valence electrons. The molecule has 6 nitrogen and oxygen atoms in total. The number of hydrogen-bond donors (Lipinski definition) is 3. The van der Waals surface area contributed by atoms with Crippen LogP contribution in [0.1, 0.15) is 34.5 Å². The van der Waals surface area contributed by atoms with E-state index >= 15 is 0 Å². The first-order valence-corrected chi connectivity index (χ1v) is 7.71. The maximum atomic E-state index is 12.3. The van der Waals surface area contributed by atoms with Gasteiger partial charge >= 0.3 is 5.97 Å². The molecule has 1 atom stereocenters. The van der Waals surface area contributed by atoms with Crippen molar-refractivity contribution in [2.75, 3.05) is 0 Å². The summed E-state index contributed by atoms with van der Waals surface area (Å²) in [5.41, 5.74) is 1.32. The predicted octanol–water partition coefficient (Wildman–Crippen LogP) is 1.89. The van der Waals surface area contributed by atoms with E-state index in [1.165, 1.54) is 12.3 Å². The second-order valence-corrected chi connectivity index (χ2v) is 5.69. The molecule has 0 spiro atoms. The van der Waals surface area contributed by atoms with Crippen molar-refractivity contribution in [1.82, 2.24) is 10.3 Å². The number of aryl methyl sites for hydroxylation is 1. The molecule has 1 aromatic heterocycles. The van der Waals surface area contributed by atoms with E-state index in [0.29, 0.717) is 18.5 Å². The van der Waals surface area contributed by atoms with E-state index < -0.39 is 11.9 Å². The summed E-state index contributed by atoms with van der Waals surface area (Å²) in [4.78, 5) is 37.9. The zero-order valence-corrected chi connectivity index (χ0v) is 13.4. The third-order valence-electron chi connectivity index (χ3n) is 3.67. The molecular formula is C18H20N2O4. The number of rotatable bonds is 7. The molecule has 6 heteroatoms. The van der Waals surface area contributed by atoms with Crippen molar-refractivity contribution in [3.63, 3.8) is 0 Å². The number of amides is 1. The summed E-state index contributed by atoms with van der Waals surface area (Å²) >= 11 is 0. The van der Waals surface area contributed by atoms with Crippen LogP contribution >= 0.6 is 0 Å². The first kappa shape index (κ1) is 17.5. The number of carbonyl (C=O) groups is 2. The molecule has 24 heavy (non-hydrogen) atoms. The van der Waals surface area contributed by atoms with Crippen molar-refractivity contribution in [2.24, 2.45) is 0 Å². The molecule has 1 unspecified atom stereocenters. The Bertz CT molecular complexity index is 768. The number of carboxylic acid groups (broad SMARTS) is 1. The lowest BCUT2D eigenvalue weighted by atomic mass is 10.0. The highest BCUT2D eigenvalue weighted by molar-refractivity contribution is 5.94. The van der Waals surface area contributed by atoms with Crippen LogP contribution in [-0.2, 0) is 11.2 Å². The number of hydrogen-bond acceptors (Lipinski definition) is 3. The van der Waals surface area contributed by atoms with E-state index in [-0.39, 0.29) is 23.5 Å². The van der Waals surface area contributed by atoms with E-state index in [2.05, 4.69) is 10.3 Å². The van der Waals surface area contributed by atoms with Gasteiger partial charge in [-0.15, -0.1) is 0 Å². The molecule has 1 amide bonds. The summed E-state index contributed by atoms with van der Waals surface area (Å²) in [6.07, 6.45) is 2.12. The van der Waals surface area contributed by atoms with Crippen LogP contribution in [0.15, 0.2) is 47.4 Å². The molecule has 1 aromatic carbocycles. The Morgan fingerprint density at radius 1 is 1.25 bits per heavy atom. The number of H-pyrrole nitrogens is 1. The Balaban J connectivity index is 2.12. The standard InChI is InChI=1S/C18H20N2O4/c1-12-9-16(21)15(11-19-12)18(24)20-14(7-8-17(22)23)10-13-5-3-2-4-6-13/h2-6,9,11,14H,7-8,10H2,1H3,(H,19,21)(H,20,24)(H,22,23). The van der Waals surface area contributed by atoms with E-state index in [1.54, 1.807) is 6.92 Å². The van der Waals surface area contributed by atoms with Crippen LogP contribution in [0.2, 0.25) is 0 Å². The van der Waals surface area contributed by atoms with Crippen molar-refractivity contribution in [3.8, 4) is 0 Å². The lowest BCUT2D eigenvalue weighted by Crippen LogP contribution is -2.39. The highest BCUT2D eigenvalue weighted by Gasteiger charge is 2.17. The molecule has 2 aromatic rings. The maximum absolute atomic E-state index is 12.3. The minimum atomic E-state index is -0.921. The smallest absolute Gasteiger partial charge is 0.303 e. The van der Waals surface area contributed by atoms with E-state index in [9.17, 15) is 14.4 Å². The van der Waals surface area contributed by atoms with Crippen molar-refractivity contribution in [3.05, 3.63) is 69.6 Å². The molecule has 2 rings (SSSR count). The zero-order valence-electron chi connectivity index (χ0n) is 13.4. The van der Waals surface area contributed by atoms with Gasteiger partial charge in [-0.3, -0.25) is 14.4 Å². The fourth-order valence-electron chi connectivity index (χ4n) is 2.44. The molecule has 0 aliphatic heterocycles. The lowest BCUT2D eigenvalue weighted by molar-refractivity contribution is -0.137. The third kappa shape index (κ3) is 5.08. The number of benzene rings is 1. The first-order chi connectivity index (χ1) is 11.5.